The molecule has 0 unspecified atom stereocenters. The maximum Gasteiger partial charge on any atom is 0.266 e. The summed E-state index contributed by atoms with van der Waals surface area (Å²) in [7, 11) is 0. The molecule has 0 fully saturated rings. The van der Waals surface area contributed by atoms with Crippen LogP contribution in [-0.2, 0) is 0 Å². The van der Waals surface area contributed by atoms with Crippen molar-refractivity contribution < 1.29 is 8.78 Å². The highest BCUT2D eigenvalue weighted by Crippen LogP contribution is 2.20. The molecule has 0 aliphatic heterocycles. The highest BCUT2D eigenvalue weighted by molar-refractivity contribution is 7.99. The van der Waals surface area contributed by atoms with E-state index in [9.17, 15) is 8.78 Å². The van der Waals surface area contributed by atoms with Gasteiger partial charge < -0.3 is 0 Å². The second-order valence-electron chi connectivity index (χ2n) is 1.96. The van der Waals surface area contributed by atoms with E-state index in [-0.39, 0.29) is 0 Å². The molecule has 0 aromatic carbocycles. The zero-order chi connectivity index (χ0) is 9.68. The Bertz CT molecular complexity index is 299. The minimum absolute atomic E-state index is 0.309. The van der Waals surface area contributed by atoms with Gasteiger partial charge in [0.05, 0.1) is 0 Å². The summed E-state index contributed by atoms with van der Waals surface area (Å²) in [6.07, 6.45) is -0.463. The Morgan fingerprint density at radius 1 is 1.62 bits per heavy atom. The van der Waals surface area contributed by atoms with Crippen LogP contribution in [0.1, 0.15) is 6.42 Å². The summed E-state index contributed by atoms with van der Waals surface area (Å²) < 4.78 is 27.4. The Morgan fingerprint density at radius 3 is 2.92 bits per heavy atom. The molecule has 0 radical (unpaired) electrons. The minimum Gasteiger partial charge on any atom is -0.198 e. The Labute approximate surface area is 87.2 Å². The first-order chi connectivity index (χ1) is 6.18. The van der Waals surface area contributed by atoms with Crippen LogP contribution >= 0.6 is 34.9 Å². The average Bonchev–Trinajstić information content (AvgIpc) is 2.45. The van der Waals surface area contributed by atoms with Crippen molar-refractivity contribution in [2.45, 2.75) is 11.6 Å². The highest BCUT2D eigenvalue weighted by atomic mass is 35.5. The van der Waals surface area contributed by atoms with Crippen LogP contribution in [0.5, 0.6) is 0 Å². The quantitative estimate of drug-likeness (QED) is 0.597. The third-order valence-corrected chi connectivity index (χ3v) is 2.82. The maximum atomic E-state index is 11.6. The molecular formula is C6H5ClF2N2S2. The SMILES string of the molecule is FC(F)=CCCSc1nsc(Cl)n1. The summed E-state index contributed by atoms with van der Waals surface area (Å²) in [5.41, 5.74) is 0. The van der Waals surface area contributed by atoms with E-state index in [4.69, 9.17) is 11.6 Å². The van der Waals surface area contributed by atoms with Gasteiger partial charge in [-0.25, -0.2) is 0 Å². The Hall–Kier alpha value is -0.200. The average molecular weight is 243 g/mol. The van der Waals surface area contributed by atoms with Gasteiger partial charge in [0.25, 0.3) is 6.08 Å². The molecule has 0 aliphatic carbocycles. The summed E-state index contributed by atoms with van der Waals surface area (Å²) in [5, 5.41) is 0.544. The van der Waals surface area contributed by atoms with Crippen molar-refractivity contribution in [3.63, 3.8) is 0 Å². The molecule has 1 heterocycles. The molecule has 7 heteroatoms. The van der Waals surface area contributed by atoms with Crippen molar-refractivity contribution >= 4 is 34.9 Å². The second kappa shape index (κ2) is 5.51. The van der Waals surface area contributed by atoms with Crippen LogP contribution in [0.2, 0.25) is 4.47 Å². The molecule has 0 saturated heterocycles. The van der Waals surface area contributed by atoms with Crippen molar-refractivity contribution in [1.82, 2.24) is 9.36 Å². The summed E-state index contributed by atoms with van der Waals surface area (Å²) >= 11 is 7.92. The van der Waals surface area contributed by atoms with Crippen molar-refractivity contribution in [2.75, 3.05) is 5.75 Å². The van der Waals surface area contributed by atoms with Crippen LogP contribution in [0.15, 0.2) is 17.3 Å². The van der Waals surface area contributed by atoms with Crippen LogP contribution in [0, 0.1) is 0 Å². The molecule has 0 bridgehead atoms. The fraction of sp³-hybridized carbons (Fsp3) is 0.333. The van der Waals surface area contributed by atoms with Gasteiger partial charge in [0.15, 0.2) is 0 Å². The number of nitrogens with zero attached hydrogens (tertiary/aromatic N) is 2. The molecule has 1 aromatic rings. The lowest BCUT2D eigenvalue weighted by molar-refractivity contribution is 0.418. The van der Waals surface area contributed by atoms with Gasteiger partial charge >= 0.3 is 0 Å². The normalized spacial score (nSPS) is 10.1. The van der Waals surface area contributed by atoms with Crippen LogP contribution in [-0.4, -0.2) is 15.1 Å². The molecule has 0 saturated carbocycles. The van der Waals surface area contributed by atoms with Crippen molar-refractivity contribution in [1.29, 1.82) is 0 Å². The van der Waals surface area contributed by atoms with Gasteiger partial charge in [0.2, 0.25) is 9.62 Å². The topological polar surface area (TPSA) is 25.8 Å². The first-order valence-electron chi connectivity index (χ1n) is 3.31. The zero-order valence-corrected chi connectivity index (χ0v) is 8.73. The molecule has 0 N–H and O–H groups in total. The van der Waals surface area contributed by atoms with Crippen LogP contribution in [0.4, 0.5) is 8.78 Å². The third-order valence-electron chi connectivity index (χ3n) is 1.03. The molecule has 0 atom stereocenters. The summed E-state index contributed by atoms with van der Waals surface area (Å²) in [4.78, 5) is 3.85. The molecule has 1 aromatic heterocycles. The zero-order valence-electron chi connectivity index (χ0n) is 6.34. The predicted octanol–water partition coefficient (Wildman–Crippen LogP) is 3.45. The number of halogens is 3. The molecule has 0 amide bonds. The summed E-state index contributed by atoms with van der Waals surface area (Å²) in [6.45, 7) is 0. The predicted molar refractivity (Wildman–Crippen MR) is 50.6 cm³/mol. The molecule has 13 heavy (non-hydrogen) atoms. The number of hydrogen-bond donors (Lipinski definition) is 0. The number of rotatable bonds is 4. The van der Waals surface area contributed by atoms with E-state index >= 15 is 0 Å². The smallest absolute Gasteiger partial charge is 0.198 e. The van der Waals surface area contributed by atoms with E-state index in [1.807, 2.05) is 0 Å². The first kappa shape index (κ1) is 10.9. The van der Waals surface area contributed by atoms with Crippen molar-refractivity contribution in [2.24, 2.45) is 0 Å². The van der Waals surface area contributed by atoms with E-state index in [2.05, 4.69) is 9.36 Å². The highest BCUT2D eigenvalue weighted by Gasteiger charge is 2.01. The first-order valence-corrected chi connectivity index (χ1v) is 5.45. The fourth-order valence-electron chi connectivity index (χ4n) is 0.570. The fourth-order valence-corrected chi connectivity index (χ4v) is 2.08. The van der Waals surface area contributed by atoms with E-state index in [0.29, 0.717) is 21.8 Å². The van der Waals surface area contributed by atoms with Gasteiger partial charge in [-0.1, -0.05) is 11.8 Å². The standard InChI is InChI=1S/C6H5ClF2N2S2/c7-5-10-6(11-13-5)12-3-1-2-4(8)9/h2H,1,3H2. The van der Waals surface area contributed by atoms with Gasteiger partial charge in [-0.2, -0.15) is 18.1 Å². The number of aromatic nitrogens is 2. The largest absolute Gasteiger partial charge is 0.266 e. The number of allylic oxidation sites excluding steroid dienone is 1. The van der Waals surface area contributed by atoms with E-state index in [0.717, 1.165) is 17.6 Å². The van der Waals surface area contributed by atoms with Gasteiger partial charge in [-0.15, -0.1) is 0 Å². The molecule has 0 aliphatic rings. The van der Waals surface area contributed by atoms with Gasteiger partial charge in [-0.3, -0.25) is 0 Å². The molecular weight excluding hydrogens is 238 g/mol. The maximum absolute atomic E-state index is 11.6. The Balaban J connectivity index is 2.24. The third kappa shape index (κ3) is 4.54. The van der Waals surface area contributed by atoms with Gasteiger partial charge in [-0.05, 0) is 35.6 Å². The van der Waals surface area contributed by atoms with Crippen molar-refractivity contribution in [3.8, 4) is 0 Å². The van der Waals surface area contributed by atoms with Crippen LogP contribution in [0.3, 0.4) is 0 Å². The Morgan fingerprint density at radius 2 is 2.38 bits per heavy atom. The van der Waals surface area contributed by atoms with E-state index < -0.39 is 6.08 Å². The summed E-state index contributed by atoms with van der Waals surface area (Å²) in [6, 6.07) is 0. The number of thioether (sulfide) groups is 1. The number of hydrogen-bond acceptors (Lipinski definition) is 4. The molecule has 1 rings (SSSR count). The lowest BCUT2D eigenvalue weighted by atomic mass is 10.5. The monoisotopic (exact) mass is 242 g/mol. The van der Waals surface area contributed by atoms with Gasteiger partial charge in [0.1, 0.15) is 0 Å². The van der Waals surface area contributed by atoms with Crippen LogP contribution < -0.4 is 0 Å². The Kier molecular flexibility index (Phi) is 4.61. The molecule has 72 valence electrons. The van der Waals surface area contributed by atoms with E-state index in [1.165, 1.54) is 11.8 Å². The molecule has 2 nitrogen and oxygen atoms in total. The minimum atomic E-state index is -1.65. The van der Waals surface area contributed by atoms with Gasteiger partial charge in [0, 0.05) is 5.75 Å². The lowest BCUT2D eigenvalue weighted by Crippen LogP contribution is -1.78. The molecule has 0 spiro atoms. The van der Waals surface area contributed by atoms with E-state index in [1.54, 1.807) is 0 Å². The lowest BCUT2D eigenvalue weighted by Gasteiger charge is -1.90. The summed E-state index contributed by atoms with van der Waals surface area (Å²) in [5.74, 6) is 0.532. The van der Waals surface area contributed by atoms with Crippen molar-refractivity contribution in [3.05, 3.63) is 16.6 Å². The second-order valence-corrected chi connectivity index (χ2v) is 4.36. The van der Waals surface area contributed by atoms with Crippen LogP contribution in [0.25, 0.3) is 0 Å².